The van der Waals surface area contributed by atoms with Gasteiger partial charge in [-0.3, -0.25) is 9.93 Å². The van der Waals surface area contributed by atoms with Crippen molar-refractivity contribution in [3.8, 4) is 0 Å². The lowest BCUT2D eigenvalue weighted by Crippen LogP contribution is -1.95. The highest BCUT2D eigenvalue weighted by molar-refractivity contribution is 8.11. The number of rotatable bonds is 15. The molecule has 3 heteroatoms. The second-order valence-corrected chi connectivity index (χ2v) is 6.52. The van der Waals surface area contributed by atoms with E-state index in [0.717, 1.165) is 24.8 Å². The van der Waals surface area contributed by atoms with E-state index in [0.29, 0.717) is 6.42 Å². The van der Waals surface area contributed by atoms with Gasteiger partial charge in [0.1, 0.15) is 0 Å². The fourth-order valence-electron chi connectivity index (χ4n) is 2.40. The van der Waals surface area contributed by atoms with Gasteiger partial charge in [0.15, 0.2) is 0 Å². The summed E-state index contributed by atoms with van der Waals surface area (Å²) < 4.78 is 0. The monoisotopic (exact) mass is 313 g/mol. The molecule has 2 nitrogen and oxygen atoms in total. The molecule has 0 aromatic heterocycles. The lowest BCUT2D eigenvalue weighted by molar-refractivity contribution is -0.111. The summed E-state index contributed by atoms with van der Waals surface area (Å²) in [6.45, 7) is 2.27. The van der Waals surface area contributed by atoms with Crippen LogP contribution in [0.25, 0.3) is 0 Å². The van der Waals surface area contributed by atoms with Gasteiger partial charge in [-0.2, -0.15) is 0 Å². The van der Waals surface area contributed by atoms with Crippen molar-refractivity contribution in [2.75, 3.05) is 0 Å². The fraction of sp³-hybridized carbons (Fsp3) is 0.833. The minimum atomic E-state index is 0.118. The normalized spacial score (nSPS) is 11.3. The molecule has 0 spiro atoms. The van der Waals surface area contributed by atoms with E-state index in [9.17, 15) is 4.79 Å². The van der Waals surface area contributed by atoms with Crippen LogP contribution in [0.3, 0.4) is 0 Å². The standard InChI is InChI=1S/C18H35NOS/c1-2-3-4-5-6-7-8-9-10-11-12-13-14-15-16-17-18(20)21-19/h9-10H,2-8,11-17,19H2,1H3/b10-9-. The van der Waals surface area contributed by atoms with E-state index in [1.165, 1.54) is 70.6 Å². The van der Waals surface area contributed by atoms with Crippen LogP contribution in [0.15, 0.2) is 12.2 Å². The molecule has 0 aliphatic rings. The summed E-state index contributed by atoms with van der Waals surface area (Å²) in [7, 11) is 0. The van der Waals surface area contributed by atoms with Gasteiger partial charge in [-0.25, -0.2) is 0 Å². The van der Waals surface area contributed by atoms with Gasteiger partial charge in [0.2, 0.25) is 5.12 Å². The van der Waals surface area contributed by atoms with Crippen molar-refractivity contribution in [1.29, 1.82) is 0 Å². The molecule has 0 bridgehead atoms. The van der Waals surface area contributed by atoms with Gasteiger partial charge in [-0.1, -0.05) is 70.4 Å². The van der Waals surface area contributed by atoms with Crippen molar-refractivity contribution in [3.63, 3.8) is 0 Å². The summed E-state index contributed by atoms with van der Waals surface area (Å²) in [5.74, 6) is 0. The Morgan fingerprint density at radius 3 is 1.81 bits per heavy atom. The Morgan fingerprint density at radius 2 is 1.29 bits per heavy atom. The molecule has 0 amide bonds. The topological polar surface area (TPSA) is 43.1 Å². The van der Waals surface area contributed by atoms with Gasteiger partial charge in [-0.05, 0) is 44.1 Å². The van der Waals surface area contributed by atoms with Gasteiger partial charge in [0.05, 0.1) is 0 Å². The van der Waals surface area contributed by atoms with Crippen LogP contribution in [0.1, 0.15) is 96.8 Å². The summed E-state index contributed by atoms with van der Waals surface area (Å²) in [4.78, 5) is 11.0. The van der Waals surface area contributed by atoms with Crippen LogP contribution in [0.2, 0.25) is 0 Å². The van der Waals surface area contributed by atoms with E-state index in [1.54, 1.807) is 0 Å². The largest absolute Gasteiger partial charge is 0.286 e. The van der Waals surface area contributed by atoms with Crippen molar-refractivity contribution in [3.05, 3.63) is 12.2 Å². The minimum absolute atomic E-state index is 0.118. The van der Waals surface area contributed by atoms with E-state index in [1.807, 2.05) is 0 Å². The van der Waals surface area contributed by atoms with Crippen LogP contribution in [0.4, 0.5) is 0 Å². The molecule has 0 atom stereocenters. The molecule has 0 aliphatic heterocycles. The highest BCUT2D eigenvalue weighted by atomic mass is 32.2. The molecule has 0 aromatic carbocycles. The molecule has 0 saturated carbocycles. The first-order valence-corrected chi connectivity index (χ1v) is 9.73. The molecular formula is C18H35NOS. The second kappa shape index (κ2) is 17.8. The van der Waals surface area contributed by atoms with Crippen molar-refractivity contribution in [2.24, 2.45) is 5.14 Å². The van der Waals surface area contributed by atoms with Crippen molar-refractivity contribution < 1.29 is 4.79 Å². The number of allylic oxidation sites excluding steroid dienone is 2. The first kappa shape index (κ1) is 20.7. The van der Waals surface area contributed by atoms with E-state index in [-0.39, 0.29) is 5.12 Å². The van der Waals surface area contributed by atoms with E-state index in [2.05, 4.69) is 19.1 Å². The first-order valence-electron chi connectivity index (χ1n) is 8.85. The molecule has 2 N–H and O–H groups in total. The molecule has 124 valence electrons. The van der Waals surface area contributed by atoms with Crippen LogP contribution in [0.5, 0.6) is 0 Å². The van der Waals surface area contributed by atoms with E-state index >= 15 is 0 Å². The average Bonchev–Trinajstić information content (AvgIpc) is 2.50. The zero-order chi connectivity index (χ0) is 15.6. The number of hydrogen-bond acceptors (Lipinski definition) is 3. The maximum Gasteiger partial charge on any atom is 0.203 e. The van der Waals surface area contributed by atoms with Crippen LogP contribution in [-0.2, 0) is 4.79 Å². The molecule has 0 heterocycles. The lowest BCUT2D eigenvalue weighted by Gasteiger charge is -1.99. The van der Waals surface area contributed by atoms with Crippen LogP contribution in [0, 0.1) is 0 Å². The summed E-state index contributed by atoms with van der Waals surface area (Å²) in [5.41, 5.74) is 0. The molecule has 0 saturated heterocycles. The highest BCUT2D eigenvalue weighted by Gasteiger charge is 1.98. The molecule has 21 heavy (non-hydrogen) atoms. The Hall–Kier alpha value is -0.280. The number of nitrogens with two attached hydrogens (primary N) is 1. The second-order valence-electron chi connectivity index (χ2n) is 5.82. The smallest absolute Gasteiger partial charge is 0.203 e. The SMILES string of the molecule is CCCCCCCC/C=C\CCCCCCCC(=O)SN. The van der Waals surface area contributed by atoms with Gasteiger partial charge in [0.25, 0.3) is 0 Å². The Balaban J connectivity index is 3.10. The van der Waals surface area contributed by atoms with Gasteiger partial charge in [0, 0.05) is 6.42 Å². The van der Waals surface area contributed by atoms with E-state index < -0.39 is 0 Å². The summed E-state index contributed by atoms with van der Waals surface area (Å²) in [5, 5.41) is 5.31. The van der Waals surface area contributed by atoms with E-state index in [4.69, 9.17) is 5.14 Å². The van der Waals surface area contributed by atoms with Gasteiger partial charge < -0.3 is 0 Å². The fourth-order valence-corrected chi connectivity index (χ4v) is 2.66. The quantitative estimate of drug-likeness (QED) is 0.224. The molecule has 0 fully saturated rings. The molecule has 0 aromatic rings. The van der Waals surface area contributed by atoms with Crippen molar-refractivity contribution in [2.45, 2.75) is 96.8 Å². The highest BCUT2D eigenvalue weighted by Crippen LogP contribution is 2.10. The Labute approximate surface area is 136 Å². The molecule has 0 unspecified atom stereocenters. The van der Waals surface area contributed by atoms with Crippen LogP contribution >= 0.6 is 11.9 Å². The average molecular weight is 314 g/mol. The number of unbranched alkanes of at least 4 members (excludes halogenated alkanes) is 11. The number of hydrogen-bond donors (Lipinski definition) is 1. The molecule has 0 radical (unpaired) electrons. The third kappa shape index (κ3) is 17.7. The maximum absolute atomic E-state index is 11.0. The molecular weight excluding hydrogens is 278 g/mol. The Kier molecular flexibility index (Phi) is 17.5. The zero-order valence-corrected chi connectivity index (χ0v) is 14.8. The van der Waals surface area contributed by atoms with Crippen molar-refractivity contribution >= 4 is 17.1 Å². The van der Waals surface area contributed by atoms with Crippen molar-refractivity contribution in [1.82, 2.24) is 0 Å². The maximum atomic E-state index is 11.0. The third-order valence-corrected chi connectivity index (χ3v) is 4.24. The third-order valence-electron chi connectivity index (χ3n) is 3.77. The van der Waals surface area contributed by atoms with Gasteiger partial charge in [-0.15, -0.1) is 0 Å². The number of carbonyl (C=O) groups excluding carboxylic acids is 1. The Morgan fingerprint density at radius 1 is 0.810 bits per heavy atom. The first-order chi connectivity index (χ1) is 10.3. The minimum Gasteiger partial charge on any atom is -0.286 e. The zero-order valence-electron chi connectivity index (χ0n) is 13.9. The van der Waals surface area contributed by atoms with Gasteiger partial charge >= 0.3 is 0 Å². The molecule has 0 aliphatic carbocycles. The summed E-state index contributed by atoms with van der Waals surface area (Å²) in [6.07, 6.45) is 22.1. The summed E-state index contributed by atoms with van der Waals surface area (Å²) in [6, 6.07) is 0. The van der Waals surface area contributed by atoms with Crippen LogP contribution in [-0.4, -0.2) is 5.12 Å². The number of carbonyl (C=O) groups is 1. The predicted octanol–water partition coefficient (Wildman–Crippen LogP) is 6.16. The van der Waals surface area contributed by atoms with Crippen LogP contribution < -0.4 is 5.14 Å². The predicted molar refractivity (Wildman–Crippen MR) is 96.2 cm³/mol. The molecule has 0 rings (SSSR count). The Bertz CT molecular complexity index is 254. The summed E-state index contributed by atoms with van der Waals surface area (Å²) >= 11 is 0.863. The lowest BCUT2D eigenvalue weighted by atomic mass is 10.1.